The molecule has 0 aliphatic rings. The van der Waals surface area contributed by atoms with Crippen LogP contribution in [0.2, 0.25) is 0 Å². The number of hydrogen-bond acceptors (Lipinski definition) is 6. The summed E-state index contributed by atoms with van der Waals surface area (Å²) in [7, 11) is 4.15. The van der Waals surface area contributed by atoms with Gasteiger partial charge in [-0.1, -0.05) is 0 Å². The molecule has 6 nitrogen and oxygen atoms in total. The van der Waals surface area contributed by atoms with Gasteiger partial charge >= 0.3 is 0 Å². The van der Waals surface area contributed by atoms with E-state index in [1.807, 2.05) is 0 Å². The summed E-state index contributed by atoms with van der Waals surface area (Å²) < 4.78 is 0. The predicted molar refractivity (Wildman–Crippen MR) is 75.0 cm³/mol. The van der Waals surface area contributed by atoms with E-state index in [9.17, 15) is 0 Å². The van der Waals surface area contributed by atoms with Gasteiger partial charge in [-0.05, 0) is 40.9 Å². The molecular formula is C12H24N6. The van der Waals surface area contributed by atoms with Gasteiger partial charge in [0.2, 0.25) is 5.95 Å². The van der Waals surface area contributed by atoms with Crippen molar-refractivity contribution in [2.75, 3.05) is 50.5 Å². The number of aromatic nitrogens is 3. The van der Waals surface area contributed by atoms with Crippen LogP contribution in [0.1, 0.15) is 20.3 Å². The summed E-state index contributed by atoms with van der Waals surface area (Å²) in [5, 5.41) is 11.3. The zero-order valence-corrected chi connectivity index (χ0v) is 11.8. The first-order chi connectivity index (χ1) is 8.67. The number of rotatable bonds is 8. The summed E-state index contributed by atoms with van der Waals surface area (Å²) >= 11 is 0. The van der Waals surface area contributed by atoms with Crippen LogP contribution in [-0.4, -0.2) is 60.4 Å². The summed E-state index contributed by atoms with van der Waals surface area (Å²) in [6.45, 7) is 7.92. The molecule has 0 bridgehead atoms. The van der Waals surface area contributed by atoms with E-state index in [0.717, 1.165) is 38.4 Å². The van der Waals surface area contributed by atoms with Crippen LogP contribution >= 0.6 is 0 Å². The molecular weight excluding hydrogens is 228 g/mol. The number of hydrogen-bond donors (Lipinski definition) is 1. The van der Waals surface area contributed by atoms with Crippen molar-refractivity contribution < 1.29 is 0 Å². The van der Waals surface area contributed by atoms with Gasteiger partial charge in [-0.3, -0.25) is 0 Å². The first-order valence-corrected chi connectivity index (χ1v) is 6.50. The molecule has 18 heavy (non-hydrogen) atoms. The average Bonchev–Trinajstić information content (AvgIpc) is 2.36. The molecule has 0 saturated carbocycles. The molecule has 0 unspecified atom stereocenters. The largest absolute Gasteiger partial charge is 0.369 e. The highest BCUT2D eigenvalue weighted by atomic mass is 15.3. The Kier molecular flexibility index (Phi) is 6.35. The minimum atomic E-state index is 0.692. The fourth-order valence-electron chi connectivity index (χ4n) is 1.63. The molecule has 102 valence electrons. The maximum Gasteiger partial charge on any atom is 0.247 e. The number of nitrogens with one attached hydrogen (secondary N) is 1. The fraction of sp³-hybridized carbons (Fsp3) is 0.750. The lowest BCUT2D eigenvalue weighted by Crippen LogP contribution is -2.25. The van der Waals surface area contributed by atoms with E-state index in [4.69, 9.17) is 0 Å². The Morgan fingerprint density at radius 1 is 1.22 bits per heavy atom. The highest BCUT2D eigenvalue weighted by Crippen LogP contribution is 2.08. The Labute approximate surface area is 109 Å². The van der Waals surface area contributed by atoms with Gasteiger partial charge in [0.05, 0.1) is 6.20 Å². The molecule has 0 amide bonds. The van der Waals surface area contributed by atoms with E-state index in [2.05, 4.69) is 58.2 Å². The summed E-state index contributed by atoms with van der Waals surface area (Å²) in [4.78, 5) is 8.71. The van der Waals surface area contributed by atoms with Crippen LogP contribution < -0.4 is 10.2 Å². The molecule has 1 heterocycles. The van der Waals surface area contributed by atoms with Crippen LogP contribution in [0.4, 0.5) is 11.8 Å². The minimum absolute atomic E-state index is 0.692. The highest BCUT2D eigenvalue weighted by Gasteiger charge is 2.06. The molecule has 0 aromatic carbocycles. The number of nitrogens with zero attached hydrogens (tertiary/aromatic N) is 5. The normalized spacial score (nSPS) is 10.7. The van der Waals surface area contributed by atoms with Crippen molar-refractivity contribution in [2.45, 2.75) is 20.3 Å². The molecule has 0 aliphatic carbocycles. The highest BCUT2D eigenvalue weighted by molar-refractivity contribution is 5.38. The minimum Gasteiger partial charge on any atom is -0.369 e. The second-order valence-electron chi connectivity index (χ2n) is 4.40. The second-order valence-corrected chi connectivity index (χ2v) is 4.40. The second kappa shape index (κ2) is 7.81. The average molecular weight is 252 g/mol. The quantitative estimate of drug-likeness (QED) is 0.699. The lowest BCUT2D eigenvalue weighted by Gasteiger charge is -2.18. The first-order valence-electron chi connectivity index (χ1n) is 6.50. The van der Waals surface area contributed by atoms with E-state index in [0.29, 0.717) is 5.95 Å². The summed E-state index contributed by atoms with van der Waals surface area (Å²) in [5.74, 6) is 1.49. The monoisotopic (exact) mass is 252 g/mol. The van der Waals surface area contributed by atoms with Crippen LogP contribution in [0, 0.1) is 0 Å². The zero-order chi connectivity index (χ0) is 13.4. The smallest absolute Gasteiger partial charge is 0.247 e. The van der Waals surface area contributed by atoms with Crippen molar-refractivity contribution in [3.63, 3.8) is 0 Å². The number of anilines is 2. The SMILES string of the molecule is CCN(CC)c1nncc(NCCCN(C)C)n1. The van der Waals surface area contributed by atoms with Crippen molar-refractivity contribution in [3.05, 3.63) is 6.20 Å². The Bertz CT molecular complexity index is 337. The van der Waals surface area contributed by atoms with Gasteiger partial charge in [-0.15, -0.1) is 5.10 Å². The van der Waals surface area contributed by atoms with E-state index in [1.165, 1.54) is 0 Å². The molecule has 0 radical (unpaired) electrons. The van der Waals surface area contributed by atoms with Crippen molar-refractivity contribution in [1.82, 2.24) is 20.1 Å². The molecule has 0 saturated heterocycles. The lowest BCUT2D eigenvalue weighted by atomic mass is 10.4. The summed E-state index contributed by atoms with van der Waals surface area (Å²) in [6, 6.07) is 0. The van der Waals surface area contributed by atoms with Crippen LogP contribution in [-0.2, 0) is 0 Å². The standard InChI is InChI=1S/C12H24N6/c1-5-18(6-2)12-15-11(10-14-16-12)13-8-7-9-17(3)4/h10H,5-9H2,1-4H3,(H,13,15,16). The Hall–Kier alpha value is -1.43. The topological polar surface area (TPSA) is 57.2 Å². The molecule has 6 heteroatoms. The Balaban J connectivity index is 2.49. The fourth-order valence-corrected chi connectivity index (χ4v) is 1.63. The van der Waals surface area contributed by atoms with Crippen molar-refractivity contribution >= 4 is 11.8 Å². The van der Waals surface area contributed by atoms with Crippen LogP contribution in [0.3, 0.4) is 0 Å². The molecule has 0 spiro atoms. The van der Waals surface area contributed by atoms with Gasteiger partial charge in [0, 0.05) is 19.6 Å². The van der Waals surface area contributed by atoms with Crippen molar-refractivity contribution in [2.24, 2.45) is 0 Å². The van der Waals surface area contributed by atoms with Gasteiger partial charge < -0.3 is 15.1 Å². The van der Waals surface area contributed by atoms with Crippen LogP contribution in [0.15, 0.2) is 6.20 Å². The van der Waals surface area contributed by atoms with Crippen LogP contribution in [0.5, 0.6) is 0 Å². The maximum atomic E-state index is 4.46. The third-order valence-corrected chi connectivity index (χ3v) is 2.68. The van der Waals surface area contributed by atoms with Crippen LogP contribution in [0.25, 0.3) is 0 Å². The Morgan fingerprint density at radius 2 is 1.94 bits per heavy atom. The third-order valence-electron chi connectivity index (χ3n) is 2.68. The molecule has 0 aliphatic heterocycles. The van der Waals surface area contributed by atoms with Gasteiger partial charge in [-0.2, -0.15) is 10.1 Å². The Morgan fingerprint density at radius 3 is 2.56 bits per heavy atom. The molecule has 1 rings (SSSR count). The molecule has 0 fully saturated rings. The first kappa shape index (κ1) is 14.6. The van der Waals surface area contributed by atoms with Gasteiger partial charge in [-0.25, -0.2) is 0 Å². The molecule has 1 aromatic rings. The van der Waals surface area contributed by atoms with E-state index >= 15 is 0 Å². The predicted octanol–water partition coefficient (Wildman–Crippen LogP) is 1.08. The van der Waals surface area contributed by atoms with Gasteiger partial charge in [0.25, 0.3) is 0 Å². The zero-order valence-electron chi connectivity index (χ0n) is 11.8. The molecule has 1 N–H and O–H groups in total. The lowest BCUT2D eigenvalue weighted by molar-refractivity contribution is 0.405. The van der Waals surface area contributed by atoms with E-state index in [-0.39, 0.29) is 0 Å². The van der Waals surface area contributed by atoms with E-state index < -0.39 is 0 Å². The summed E-state index contributed by atoms with van der Waals surface area (Å²) in [6.07, 6.45) is 2.75. The van der Waals surface area contributed by atoms with Crippen molar-refractivity contribution in [1.29, 1.82) is 0 Å². The van der Waals surface area contributed by atoms with E-state index in [1.54, 1.807) is 6.20 Å². The van der Waals surface area contributed by atoms with Gasteiger partial charge in [0.15, 0.2) is 5.82 Å². The third kappa shape index (κ3) is 4.83. The maximum absolute atomic E-state index is 4.46. The van der Waals surface area contributed by atoms with Gasteiger partial charge in [0.1, 0.15) is 0 Å². The summed E-state index contributed by atoms with van der Waals surface area (Å²) in [5.41, 5.74) is 0. The van der Waals surface area contributed by atoms with Crippen molar-refractivity contribution in [3.8, 4) is 0 Å². The molecule has 1 aromatic heterocycles. The molecule has 0 atom stereocenters.